The first-order valence-electron chi connectivity index (χ1n) is 10.1. The third kappa shape index (κ3) is 6.75. The van der Waals surface area contributed by atoms with Crippen LogP contribution in [-0.4, -0.2) is 24.6 Å². The Bertz CT molecular complexity index is 830. The van der Waals surface area contributed by atoms with E-state index in [4.69, 9.17) is 4.74 Å². The van der Waals surface area contributed by atoms with Crippen molar-refractivity contribution in [1.29, 1.82) is 0 Å². The van der Waals surface area contributed by atoms with Gasteiger partial charge in [0.25, 0.3) is 5.91 Å². The van der Waals surface area contributed by atoms with E-state index in [-0.39, 0.29) is 24.3 Å². The highest BCUT2D eigenvalue weighted by Crippen LogP contribution is 2.23. The minimum absolute atomic E-state index is 0.0358. The average molecular weight is 393 g/mol. The second-order valence-electron chi connectivity index (χ2n) is 7.16. The van der Waals surface area contributed by atoms with Gasteiger partial charge in [-0.2, -0.15) is 5.10 Å². The van der Waals surface area contributed by atoms with Gasteiger partial charge in [-0.3, -0.25) is 9.59 Å². The van der Waals surface area contributed by atoms with Crippen molar-refractivity contribution in [3.05, 3.63) is 65.7 Å². The molecule has 3 rings (SSSR count). The Morgan fingerprint density at radius 2 is 1.72 bits per heavy atom. The van der Waals surface area contributed by atoms with E-state index in [9.17, 15) is 9.59 Å². The lowest BCUT2D eigenvalue weighted by Crippen LogP contribution is -2.38. The van der Waals surface area contributed by atoms with E-state index in [0.29, 0.717) is 12.4 Å². The summed E-state index contributed by atoms with van der Waals surface area (Å²) in [6.45, 7) is 0.379. The van der Waals surface area contributed by atoms with Crippen LogP contribution in [-0.2, 0) is 16.2 Å². The van der Waals surface area contributed by atoms with Gasteiger partial charge in [-0.15, -0.1) is 0 Å². The lowest BCUT2D eigenvalue weighted by molar-refractivity contribution is -0.129. The van der Waals surface area contributed by atoms with Crippen molar-refractivity contribution >= 4 is 18.0 Å². The van der Waals surface area contributed by atoms with Crippen LogP contribution in [0.5, 0.6) is 5.75 Å². The topological polar surface area (TPSA) is 79.8 Å². The molecule has 1 saturated carbocycles. The molecule has 0 atom stereocenters. The van der Waals surface area contributed by atoms with Gasteiger partial charge < -0.3 is 10.1 Å². The van der Waals surface area contributed by atoms with Gasteiger partial charge in [0, 0.05) is 11.5 Å². The molecule has 1 aliphatic rings. The third-order valence-electron chi connectivity index (χ3n) is 4.95. The minimum atomic E-state index is -0.354. The SMILES string of the molecule is O=C(CNC(=O)C1CCCCC1)N/N=C/c1ccccc1OCc1ccccc1. The Morgan fingerprint density at radius 1 is 1.00 bits per heavy atom. The number of nitrogens with one attached hydrogen (secondary N) is 2. The molecule has 1 fully saturated rings. The van der Waals surface area contributed by atoms with E-state index in [1.807, 2.05) is 54.6 Å². The zero-order valence-electron chi connectivity index (χ0n) is 16.5. The highest BCUT2D eigenvalue weighted by Gasteiger charge is 2.21. The lowest BCUT2D eigenvalue weighted by atomic mass is 9.89. The summed E-state index contributed by atoms with van der Waals surface area (Å²) in [6.07, 6.45) is 6.72. The molecule has 6 heteroatoms. The molecule has 2 amide bonds. The summed E-state index contributed by atoms with van der Waals surface area (Å²) in [5, 5.41) is 6.69. The highest BCUT2D eigenvalue weighted by atomic mass is 16.5. The first-order chi connectivity index (χ1) is 14.2. The van der Waals surface area contributed by atoms with Crippen molar-refractivity contribution in [3.63, 3.8) is 0 Å². The molecular formula is C23H27N3O3. The molecule has 0 radical (unpaired) electrons. The number of amides is 2. The molecule has 0 unspecified atom stereocenters. The first-order valence-corrected chi connectivity index (χ1v) is 10.1. The fourth-order valence-corrected chi connectivity index (χ4v) is 3.34. The molecule has 1 aliphatic carbocycles. The molecule has 0 aromatic heterocycles. The molecule has 6 nitrogen and oxygen atoms in total. The number of hydrogen-bond acceptors (Lipinski definition) is 4. The predicted octanol–water partition coefficient (Wildman–Crippen LogP) is 3.41. The van der Waals surface area contributed by atoms with E-state index in [1.54, 1.807) is 6.21 Å². The van der Waals surface area contributed by atoms with Gasteiger partial charge in [0.05, 0.1) is 12.8 Å². The molecule has 2 N–H and O–H groups in total. The number of nitrogens with zero attached hydrogens (tertiary/aromatic N) is 1. The van der Waals surface area contributed by atoms with Gasteiger partial charge in [-0.25, -0.2) is 5.43 Å². The maximum Gasteiger partial charge on any atom is 0.259 e. The summed E-state index contributed by atoms with van der Waals surface area (Å²) in [5.41, 5.74) is 4.28. The lowest BCUT2D eigenvalue weighted by Gasteiger charge is -2.20. The maximum absolute atomic E-state index is 12.1. The maximum atomic E-state index is 12.1. The number of carbonyl (C=O) groups is 2. The van der Waals surface area contributed by atoms with E-state index in [0.717, 1.165) is 36.8 Å². The van der Waals surface area contributed by atoms with Gasteiger partial charge in [0.2, 0.25) is 5.91 Å². The fraction of sp³-hybridized carbons (Fsp3) is 0.348. The minimum Gasteiger partial charge on any atom is -0.488 e. The van der Waals surface area contributed by atoms with E-state index in [2.05, 4.69) is 15.8 Å². The summed E-state index contributed by atoms with van der Waals surface area (Å²) >= 11 is 0. The highest BCUT2D eigenvalue weighted by molar-refractivity contribution is 5.88. The fourth-order valence-electron chi connectivity index (χ4n) is 3.34. The van der Waals surface area contributed by atoms with Crippen LogP contribution in [0.3, 0.4) is 0 Å². The molecule has 0 bridgehead atoms. The van der Waals surface area contributed by atoms with Crippen LogP contribution in [0.25, 0.3) is 0 Å². The summed E-state index contributed by atoms with van der Waals surface area (Å²) in [4.78, 5) is 24.0. The van der Waals surface area contributed by atoms with Crippen molar-refractivity contribution in [2.75, 3.05) is 6.54 Å². The smallest absolute Gasteiger partial charge is 0.259 e. The number of hydrazone groups is 1. The van der Waals surface area contributed by atoms with Crippen LogP contribution >= 0.6 is 0 Å². The molecule has 0 spiro atoms. The molecule has 29 heavy (non-hydrogen) atoms. The number of carbonyl (C=O) groups excluding carboxylic acids is 2. The Labute approximate surface area is 171 Å². The Kier molecular flexibility index (Phi) is 7.81. The monoisotopic (exact) mass is 393 g/mol. The number of rotatable bonds is 8. The Morgan fingerprint density at radius 3 is 2.52 bits per heavy atom. The van der Waals surface area contributed by atoms with Crippen LogP contribution in [0.15, 0.2) is 59.7 Å². The van der Waals surface area contributed by atoms with E-state index >= 15 is 0 Å². The Balaban J connectivity index is 1.45. The van der Waals surface area contributed by atoms with E-state index in [1.165, 1.54) is 6.42 Å². The van der Waals surface area contributed by atoms with E-state index < -0.39 is 0 Å². The van der Waals surface area contributed by atoms with Crippen molar-refractivity contribution in [1.82, 2.24) is 10.7 Å². The van der Waals surface area contributed by atoms with Crippen molar-refractivity contribution in [2.24, 2.45) is 11.0 Å². The van der Waals surface area contributed by atoms with Crippen LogP contribution in [0.2, 0.25) is 0 Å². The number of ether oxygens (including phenoxy) is 1. The van der Waals surface area contributed by atoms with Gasteiger partial charge in [0.1, 0.15) is 12.4 Å². The quantitative estimate of drug-likeness (QED) is 0.533. The molecule has 2 aromatic rings. The van der Waals surface area contributed by atoms with Crippen molar-refractivity contribution in [2.45, 2.75) is 38.7 Å². The molecule has 0 heterocycles. The summed E-state index contributed by atoms with van der Waals surface area (Å²) < 4.78 is 5.87. The molecule has 152 valence electrons. The van der Waals surface area contributed by atoms with Gasteiger partial charge in [0.15, 0.2) is 0 Å². The predicted molar refractivity (Wildman–Crippen MR) is 113 cm³/mol. The normalized spacial score (nSPS) is 14.5. The number of benzene rings is 2. The zero-order valence-corrected chi connectivity index (χ0v) is 16.5. The standard InChI is InChI=1S/C23H27N3O3/c27-22(16-24-23(28)19-11-5-2-6-12-19)26-25-15-20-13-7-8-14-21(20)29-17-18-9-3-1-4-10-18/h1,3-4,7-10,13-15,19H,2,5-6,11-12,16-17H2,(H,24,28)(H,26,27)/b25-15+. The van der Waals surface area contributed by atoms with Gasteiger partial charge >= 0.3 is 0 Å². The van der Waals surface area contributed by atoms with Gasteiger partial charge in [-0.1, -0.05) is 61.7 Å². The summed E-state index contributed by atoms with van der Waals surface area (Å²) in [5.74, 6) is 0.324. The third-order valence-corrected chi connectivity index (χ3v) is 4.95. The number of hydrogen-bond donors (Lipinski definition) is 2. The van der Waals surface area contributed by atoms with Crippen LogP contribution < -0.4 is 15.5 Å². The number of para-hydroxylation sites is 1. The van der Waals surface area contributed by atoms with Gasteiger partial charge in [-0.05, 0) is 30.5 Å². The molecule has 0 aliphatic heterocycles. The first kappa shape index (κ1) is 20.6. The largest absolute Gasteiger partial charge is 0.488 e. The summed E-state index contributed by atoms with van der Waals surface area (Å²) in [6, 6.07) is 17.4. The zero-order chi connectivity index (χ0) is 20.3. The molecule has 2 aromatic carbocycles. The Hall–Kier alpha value is -3.15. The molecular weight excluding hydrogens is 366 g/mol. The van der Waals surface area contributed by atoms with Crippen LogP contribution in [0.4, 0.5) is 0 Å². The van der Waals surface area contributed by atoms with Crippen LogP contribution in [0.1, 0.15) is 43.2 Å². The van der Waals surface area contributed by atoms with Crippen molar-refractivity contribution < 1.29 is 14.3 Å². The second kappa shape index (κ2) is 11.0. The second-order valence-corrected chi connectivity index (χ2v) is 7.16. The average Bonchev–Trinajstić information content (AvgIpc) is 2.78. The summed E-state index contributed by atoms with van der Waals surface area (Å²) in [7, 11) is 0. The van der Waals surface area contributed by atoms with Crippen LogP contribution in [0, 0.1) is 5.92 Å². The molecule has 0 saturated heterocycles. The van der Waals surface area contributed by atoms with Crippen molar-refractivity contribution in [3.8, 4) is 5.75 Å².